The van der Waals surface area contributed by atoms with E-state index in [4.69, 9.17) is 0 Å². The van der Waals surface area contributed by atoms with Crippen molar-refractivity contribution in [3.63, 3.8) is 0 Å². The molecule has 1 unspecified atom stereocenters. The van der Waals surface area contributed by atoms with Gasteiger partial charge in [-0.2, -0.15) is 0 Å². The second-order valence-electron chi connectivity index (χ2n) is 5.76. The largest absolute Gasteiger partial charge is 0.384 e. The Labute approximate surface area is 124 Å². The minimum Gasteiger partial charge on any atom is -0.384 e. The Morgan fingerprint density at radius 3 is 2.95 bits per heavy atom. The molecule has 0 radical (unpaired) electrons. The number of rotatable bonds is 3. The molecule has 0 saturated heterocycles. The Hall–Kier alpha value is -1.41. The van der Waals surface area contributed by atoms with Crippen LogP contribution in [0.5, 0.6) is 0 Å². The first-order valence-corrected chi connectivity index (χ1v) is 8.46. The first kappa shape index (κ1) is 12.3. The second-order valence-corrected chi connectivity index (χ2v) is 6.83. The van der Waals surface area contributed by atoms with Crippen LogP contribution >= 0.6 is 11.8 Å². The van der Waals surface area contributed by atoms with Gasteiger partial charge in [0.05, 0.1) is 0 Å². The minimum absolute atomic E-state index is 0.643. The maximum Gasteiger partial charge on any atom is 0.0343 e. The molecule has 1 aliphatic carbocycles. The topological polar surface area (TPSA) is 12.0 Å². The molecule has 0 saturated carbocycles. The lowest BCUT2D eigenvalue weighted by Gasteiger charge is -2.14. The van der Waals surface area contributed by atoms with Crippen molar-refractivity contribution in [2.75, 3.05) is 17.6 Å². The lowest BCUT2D eigenvalue weighted by Crippen LogP contribution is -2.12. The van der Waals surface area contributed by atoms with Crippen LogP contribution in [0.3, 0.4) is 0 Å². The van der Waals surface area contributed by atoms with Crippen molar-refractivity contribution in [3.05, 3.63) is 59.2 Å². The lowest BCUT2D eigenvalue weighted by molar-refractivity contribution is 0.819. The molecule has 1 nitrogen and oxygen atoms in total. The highest BCUT2D eigenvalue weighted by Gasteiger charge is 2.22. The fraction of sp³-hybridized carbons (Fsp3) is 0.333. The summed E-state index contributed by atoms with van der Waals surface area (Å²) < 4.78 is 0. The Balaban J connectivity index is 1.46. The van der Waals surface area contributed by atoms with E-state index in [-0.39, 0.29) is 0 Å². The predicted molar refractivity (Wildman–Crippen MR) is 86.9 cm³/mol. The molecule has 1 atom stereocenters. The molecule has 2 aliphatic rings. The summed E-state index contributed by atoms with van der Waals surface area (Å²) in [5.74, 6) is 1.85. The van der Waals surface area contributed by atoms with Gasteiger partial charge in [0.15, 0.2) is 0 Å². The van der Waals surface area contributed by atoms with Crippen LogP contribution in [-0.2, 0) is 12.8 Å². The molecule has 4 rings (SSSR count). The van der Waals surface area contributed by atoms with Gasteiger partial charge in [0.1, 0.15) is 0 Å². The van der Waals surface area contributed by atoms with Crippen LogP contribution in [0.4, 0.5) is 5.69 Å². The fourth-order valence-corrected chi connectivity index (χ4v) is 4.58. The molecule has 0 amide bonds. The number of benzene rings is 2. The van der Waals surface area contributed by atoms with Gasteiger partial charge in [-0.1, -0.05) is 24.3 Å². The van der Waals surface area contributed by atoms with E-state index in [1.54, 1.807) is 11.1 Å². The lowest BCUT2D eigenvalue weighted by atomic mass is 10.0. The summed E-state index contributed by atoms with van der Waals surface area (Å²) in [5, 5.41) is 3.64. The third-order valence-electron chi connectivity index (χ3n) is 4.45. The van der Waals surface area contributed by atoms with Crippen LogP contribution in [0.25, 0.3) is 0 Å². The van der Waals surface area contributed by atoms with Crippen molar-refractivity contribution in [3.8, 4) is 0 Å². The summed E-state index contributed by atoms with van der Waals surface area (Å²) in [6.45, 7) is 1.04. The van der Waals surface area contributed by atoms with E-state index >= 15 is 0 Å². The van der Waals surface area contributed by atoms with E-state index in [1.807, 2.05) is 11.8 Å². The van der Waals surface area contributed by atoms with Crippen molar-refractivity contribution < 1.29 is 0 Å². The fourth-order valence-electron chi connectivity index (χ4n) is 3.32. The van der Waals surface area contributed by atoms with Crippen molar-refractivity contribution in [2.45, 2.75) is 30.1 Å². The number of aryl methyl sites for hydroxylation is 2. The van der Waals surface area contributed by atoms with Crippen molar-refractivity contribution in [2.24, 2.45) is 0 Å². The number of anilines is 1. The zero-order chi connectivity index (χ0) is 13.4. The standard InChI is InChI=1S/C18H19NS/c1-2-7-18-17(6-1)15(12-20-18)11-19-16-9-8-13-4-3-5-14(13)10-16/h1-2,6-10,15,19H,3-5,11-12H2. The molecule has 2 aromatic carbocycles. The number of hydrogen-bond donors (Lipinski definition) is 1. The van der Waals surface area contributed by atoms with Gasteiger partial charge < -0.3 is 5.32 Å². The SMILES string of the molecule is c1ccc2c(c1)SCC2CNc1ccc2c(c1)CCC2. The normalized spacial score (nSPS) is 19.7. The molecule has 1 heterocycles. The van der Waals surface area contributed by atoms with Crippen molar-refractivity contribution >= 4 is 17.4 Å². The van der Waals surface area contributed by atoms with Crippen LogP contribution in [0.1, 0.15) is 29.0 Å². The van der Waals surface area contributed by atoms with Gasteiger partial charge in [0, 0.05) is 28.8 Å². The van der Waals surface area contributed by atoms with Gasteiger partial charge in [-0.05, 0) is 54.2 Å². The molecule has 2 aromatic rings. The summed E-state index contributed by atoms with van der Waals surface area (Å²) in [5.41, 5.74) is 5.92. The quantitative estimate of drug-likeness (QED) is 0.890. The zero-order valence-electron chi connectivity index (χ0n) is 11.6. The third-order valence-corrected chi connectivity index (χ3v) is 5.70. The Morgan fingerprint density at radius 1 is 1.05 bits per heavy atom. The maximum absolute atomic E-state index is 3.64. The van der Waals surface area contributed by atoms with Gasteiger partial charge in [-0.25, -0.2) is 0 Å². The summed E-state index contributed by atoms with van der Waals surface area (Å²) in [7, 11) is 0. The zero-order valence-corrected chi connectivity index (χ0v) is 12.4. The molecule has 1 N–H and O–H groups in total. The summed E-state index contributed by atoms with van der Waals surface area (Å²) in [6, 6.07) is 15.7. The highest BCUT2D eigenvalue weighted by molar-refractivity contribution is 7.99. The van der Waals surface area contributed by atoms with E-state index < -0.39 is 0 Å². The average Bonchev–Trinajstić information content (AvgIpc) is 3.11. The van der Waals surface area contributed by atoms with Crippen molar-refractivity contribution in [1.29, 1.82) is 0 Å². The molecule has 0 spiro atoms. The van der Waals surface area contributed by atoms with Crippen LogP contribution in [-0.4, -0.2) is 12.3 Å². The summed E-state index contributed by atoms with van der Waals surface area (Å²) in [6.07, 6.45) is 3.85. The molecular formula is C18H19NS. The van der Waals surface area contributed by atoms with Gasteiger partial charge in [0.2, 0.25) is 0 Å². The van der Waals surface area contributed by atoms with Gasteiger partial charge >= 0.3 is 0 Å². The first-order chi connectivity index (χ1) is 9.90. The summed E-state index contributed by atoms with van der Waals surface area (Å²) in [4.78, 5) is 1.47. The Morgan fingerprint density at radius 2 is 1.95 bits per heavy atom. The number of nitrogens with one attached hydrogen (secondary N) is 1. The highest BCUT2D eigenvalue weighted by Crippen LogP contribution is 2.39. The maximum atomic E-state index is 3.64. The van der Waals surface area contributed by atoms with Crippen LogP contribution in [0.15, 0.2) is 47.4 Å². The Kier molecular flexibility index (Phi) is 3.19. The van der Waals surface area contributed by atoms with E-state index in [9.17, 15) is 0 Å². The molecule has 0 aromatic heterocycles. The second kappa shape index (κ2) is 5.17. The van der Waals surface area contributed by atoms with Crippen LogP contribution in [0, 0.1) is 0 Å². The van der Waals surface area contributed by atoms with E-state index in [1.165, 1.54) is 41.2 Å². The molecule has 0 fully saturated rings. The third kappa shape index (κ3) is 2.22. The highest BCUT2D eigenvalue weighted by atomic mass is 32.2. The number of hydrogen-bond acceptors (Lipinski definition) is 2. The molecule has 2 heteroatoms. The average molecular weight is 281 g/mol. The molecular weight excluding hydrogens is 262 g/mol. The number of thioether (sulfide) groups is 1. The van der Waals surface area contributed by atoms with Gasteiger partial charge in [0.25, 0.3) is 0 Å². The van der Waals surface area contributed by atoms with Crippen LogP contribution < -0.4 is 5.32 Å². The summed E-state index contributed by atoms with van der Waals surface area (Å²) >= 11 is 1.99. The van der Waals surface area contributed by atoms with E-state index in [2.05, 4.69) is 47.8 Å². The van der Waals surface area contributed by atoms with Crippen molar-refractivity contribution in [1.82, 2.24) is 0 Å². The first-order valence-electron chi connectivity index (χ1n) is 7.47. The van der Waals surface area contributed by atoms with Crippen LogP contribution in [0.2, 0.25) is 0 Å². The van der Waals surface area contributed by atoms with E-state index in [0.717, 1.165) is 6.54 Å². The molecule has 0 bridgehead atoms. The monoisotopic (exact) mass is 281 g/mol. The molecule has 102 valence electrons. The molecule has 1 aliphatic heterocycles. The molecule has 20 heavy (non-hydrogen) atoms. The number of fused-ring (bicyclic) bond motifs is 2. The smallest absolute Gasteiger partial charge is 0.0343 e. The predicted octanol–water partition coefficient (Wildman–Crippen LogP) is 4.48. The van der Waals surface area contributed by atoms with Gasteiger partial charge in [-0.3, -0.25) is 0 Å². The van der Waals surface area contributed by atoms with Gasteiger partial charge in [-0.15, -0.1) is 11.8 Å². The Bertz CT molecular complexity index is 635. The minimum atomic E-state index is 0.643. The van der Waals surface area contributed by atoms with E-state index in [0.29, 0.717) is 5.92 Å².